The SMILES string of the molecule is COc1cc(C2CC2)ccc1-c1nnc(Cl)c2cnccc12. The fourth-order valence-corrected chi connectivity index (χ4v) is 2.93. The quantitative estimate of drug-likeness (QED) is 0.726. The van der Waals surface area contributed by atoms with Crippen molar-refractivity contribution in [1.29, 1.82) is 0 Å². The number of methoxy groups -OCH3 is 1. The van der Waals surface area contributed by atoms with Gasteiger partial charge in [0.1, 0.15) is 11.4 Å². The van der Waals surface area contributed by atoms with Crippen molar-refractivity contribution in [3.05, 3.63) is 47.4 Å². The van der Waals surface area contributed by atoms with Crippen molar-refractivity contribution in [2.75, 3.05) is 7.11 Å². The molecule has 1 aromatic carbocycles. The summed E-state index contributed by atoms with van der Waals surface area (Å²) in [6, 6.07) is 8.22. The summed E-state index contributed by atoms with van der Waals surface area (Å²) >= 11 is 6.12. The normalized spacial score (nSPS) is 14.3. The molecule has 0 atom stereocenters. The highest BCUT2D eigenvalue weighted by atomic mass is 35.5. The first-order valence-electron chi connectivity index (χ1n) is 7.22. The van der Waals surface area contributed by atoms with Crippen LogP contribution < -0.4 is 4.74 Å². The van der Waals surface area contributed by atoms with Crippen molar-refractivity contribution in [3.8, 4) is 17.0 Å². The predicted molar refractivity (Wildman–Crippen MR) is 86.3 cm³/mol. The van der Waals surface area contributed by atoms with Gasteiger partial charge in [-0.25, -0.2) is 0 Å². The molecule has 0 radical (unpaired) electrons. The minimum atomic E-state index is 0.361. The van der Waals surface area contributed by atoms with Crippen LogP contribution in [0.1, 0.15) is 24.3 Å². The number of halogens is 1. The molecule has 2 heterocycles. The number of hydrogen-bond acceptors (Lipinski definition) is 4. The van der Waals surface area contributed by atoms with Gasteiger partial charge in [0.05, 0.1) is 7.11 Å². The lowest BCUT2D eigenvalue weighted by molar-refractivity contribution is 0.416. The number of nitrogens with zero attached hydrogens (tertiary/aromatic N) is 3. The van der Waals surface area contributed by atoms with E-state index in [2.05, 4.69) is 33.4 Å². The molecule has 0 aliphatic heterocycles. The second-order valence-electron chi connectivity index (χ2n) is 5.49. The molecule has 1 aliphatic carbocycles. The van der Waals surface area contributed by atoms with Gasteiger partial charge in [0.15, 0.2) is 5.15 Å². The molecule has 0 unspecified atom stereocenters. The summed E-state index contributed by atoms with van der Waals surface area (Å²) in [6.45, 7) is 0. The van der Waals surface area contributed by atoms with Gasteiger partial charge in [-0.3, -0.25) is 4.98 Å². The average Bonchev–Trinajstić information content (AvgIpc) is 3.40. The van der Waals surface area contributed by atoms with E-state index in [1.807, 2.05) is 6.07 Å². The second kappa shape index (κ2) is 5.21. The fraction of sp³-hybridized carbons (Fsp3) is 0.235. The number of hydrogen-bond donors (Lipinski definition) is 0. The number of benzene rings is 1. The topological polar surface area (TPSA) is 47.9 Å². The van der Waals surface area contributed by atoms with Crippen LogP contribution in [0.25, 0.3) is 22.0 Å². The van der Waals surface area contributed by atoms with Crippen LogP contribution in [-0.4, -0.2) is 22.3 Å². The molecule has 22 heavy (non-hydrogen) atoms. The highest BCUT2D eigenvalue weighted by molar-refractivity contribution is 6.34. The van der Waals surface area contributed by atoms with E-state index in [1.54, 1.807) is 19.5 Å². The van der Waals surface area contributed by atoms with Crippen molar-refractivity contribution in [2.45, 2.75) is 18.8 Å². The maximum Gasteiger partial charge on any atom is 0.161 e. The van der Waals surface area contributed by atoms with E-state index in [9.17, 15) is 0 Å². The van der Waals surface area contributed by atoms with Gasteiger partial charge in [0.25, 0.3) is 0 Å². The molecule has 110 valence electrons. The lowest BCUT2D eigenvalue weighted by Gasteiger charge is -2.12. The van der Waals surface area contributed by atoms with Gasteiger partial charge in [-0.1, -0.05) is 17.7 Å². The van der Waals surface area contributed by atoms with E-state index in [0.29, 0.717) is 11.1 Å². The lowest BCUT2D eigenvalue weighted by atomic mass is 10.0. The summed E-state index contributed by atoms with van der Waals surface area (Å²) in [6.07, 6.45) is 5.96. The van der Waals surface area contributed by atoms with E-state index >= 15 is 0 Å². The third kappa shape index (κ3) is 2.20. The monoisotopic (exact) mass is 311 g/mol. The molecule has 4 rings (SSSR count). The van der Waals surface area contributed by atoms with Gasteiger partial charge >= 0.3 is 0 Å². The Labute approximate surface area is 133 Å². The van der Waals surface area contributed by atoms with E-state index in [1.165, 1.54) is 18.4 Å². The zero-order valence-electron chi connectivity index (χ0n) is 12.1. The van der Waals surface area contributed by atoms with Crippen molar-refractivity contribution in [3.63, 3.8) is 0 Å². The summed E-state index contributed by atoms with van der Waals surface area (Å²) in [5.74, 6) is 1.50. The number of pyridine rings is 1. The minimum absolute atomic E-state index is 0.361. The van der Waals surface area contributed by atoms with Crippen molar-refractivity contribution < 1.29 is 4.74 Å². The molecular weight excluding hydrogens is 298 g/mol. The molecule has 4 nitrogen and oxygen atoms in total. The Morgan fingerprint density at radius 1 is 1.14 bits per heavy atom. The molecule has 0 amide bonds. The van der Waals surface area contributed by atoms with Gasteiger partial charge in [0, 0.05) is 28.7 Å². The van der Waals surface area contributed by atoms with E-state index < -0.39 is 0 Å². The first-order valence-corrected chi connectivity index (χ1v) is 7.60. The maximum atomic E-state index is 6.12. The number of fused-ring (bicyclic) bond motifs is 1. The largest absolute Gasteiger partial charge is 0.496 e. The van der Waals surface area contributed by atoms with Crippen LogP contribution in [0.2, 0.25) is 5.15 Å². The minimum Gasteiger partial charge on any atom is -0.496 e. The van der Waals surface area contributed by atoms with Crippen LogP contribution in [0.15, 0.2) is 36.7 Å². The first-order chi connectivity index (χ1) is 10.8. The van der Waals surface area contributed by atoms with Gasteiger partial charge < -0.3 is 4.74 Å². The Balaban J connectivity index is 1.93. The summed E-state index contributed by atoms with van der Waals surface area (Å²) in [5, 5.41) is 10.4. The standard InChI is InChI=1S/C17H14ClN3O/c1-22-15-8-11(10-2-3-10)4-5-13(15)16-12-6-7-19-9-14(12)17(18)21-20-16/h4-10H,2-3H2,1H3. The summed E-state index contributed by atoms with van der Waals surface area (Å²) in [4.78, 5) is 4.11. The van der Waals surface area contributed by atoms with Crippen molar-refractivity contribution >= 4 is 22.4 Å². The molecule has 0 saturated heterocycles. The highest BCUT2D eigenvalue weighted by Gasteiger charge is 2.25. The molecular formula is C17H14ClN3O. The van der Waals surface area contributed by atoms with Crippen LogP contribution in [0.5, 0.6) is 5.75 Å². The molecule has 1 fully saturated rings. The van der Waals surface area contributed by atoms with E-state index in [0.717, 1.165) is 27.8 Å². The zero-order valence-corrected chi connectivity index (χ0v) is 12.8. The maximum absolute atomic E-state index is 6.12. The second-order valence-corrected chi connectivity index (χ2v) is 5.85. The number of ether oxygens (including phenoxy) is 1. The van der Waals surface area contributed by atoms with Crippen molar-refractivity contribution in [1.82, 2.24) is 15.2 Å². The lowest BCUT2D eigenvalue weighted by Crippen LogP contribution is -1.96. The van der Waals surface area contributed by atoms with E-state index in [-0.39, 0.29) is 0 Å². The Kier molecular flexibility index (Phi) is 3.19. The Bertz CT molecular complexity index is 862. The fourth-order valence-electron chi connectivity index (χ4n) is 2.74. The van der Waals surface area contributed by atoms with Crippen LogP contribution in [0, 0.1) is 0 Å². The smallest absolute Gasteiger partial charge is 0.161 e. The highest BCUT2D eigenvalue weighted by Crippen LogP contribution is 2.43. The van der Waals surface area contributed by atoms with Crippen LogP contribution in [-0.2, 0) is 0 Å². The molecule has 2 aromatic heterocycles. The van der Waals surface area contributed by atoms with Crippen LogP contribution in [0.4, 0.5) is 0 Å². The third-order valence-electron chi connectivity index (χ3n) is 4.07. The van der Waals surface area contributed by atoms with Crippen LogP contribution in [0.3, 0.4) is 0 Å². The molecule has 0 spiro atoms. The van der Waals surface area contributed by atoms with Gasteiger partial charge in [-0.15, -0.1) is 10.2 Å². The van der Waals surface area contributed by atoms with Crippen molar-refractivity contribution in [2.24, 2.45) is 0 Å². The van der Waals surface area contributed by atoms with Crippen LogP contribution >= 0.6 is 11.6 Å². The molecule has 1 aliphatic rings. The predicted octanol–water partition coefficient (Wildman–Crippen LogP) is 4.23. The molecule has 5 heteroatoms. The Morgan fingerprint density at radius 3 is 2.77 bits per heavy atom. The molecule has 1 saturated carbocycles. The Morgan fingerprint density at radius 2 is 2.00 bits per heavy atom. The molecule has 0 N–H and O–H groups in total. The Hall–Kier alpha value is -2.20. The first kappa shape index (κ1) is 13.5. The van der Waals surface area contributed by atoms with E-state index in [4.69, 9.17) is 16.3 Å². The summed E-state index contributed by atoms with van der Waals surface area (Å²) in [7, 11) is 1.68. The summed E-state index contributed by atoms with van der Waals surface area (Å²) in [5.41, 5.74) is 3.02. The molecule has 3 aromatic rings. The van der Waals surface area contributed by atoms with Gasteiger partial charge in [0.2, 0.25) is 0 Å². The number of aromatic nitrogens is 3. The zero-order chi connectivity index (χ0) is 15.1. The third-order valence-corrected chi connectivity index (χ3v) is 4.34. The van der Waals surface area contributed by atoms with Gasteiger partial charge in [-0.2, -0.15) is 0 Å². The summed E-state index contributed by atoms with van der Waals surface area (Å²) < 4.78 is 5.58. The van der Waals surface area contributed by atoms with Gasteiger partial charge in [-0.05, 0) is 42.5 Å². The average molecular weight is 312 g/mol. The number of rotatable bonds is 3. The molecule has 0 bridgehead atoms.